The lowest BCUT2D eigenvalue weighted by molar-refractivity contribution is 0.555. The quantitative estimate of drug-likeness (QED) is 0.763. The number of benzene rings is 2. The highest BCUT2D eigenvalue weighted by Crippen LogP contribution is 2.18. The number of rotatable bonds is 4. The summed E-state index contributed by atoms with van der Waals surface area (Å²) in [7, 11) is 0. The number of H-pyrrole nitrogens is 1. The Balaban J connectivity index is 1.81. The molecule has 102 valence electrons. The number of hydrogen-bond acceptors (Lipinski definition) is 3. The molecule has 0 aliphatic rings. The first-order valence-corrected chi connectivity index (χ1v) is 6.70. The van der Waals surface area contributed by atoms with Gasteiger partial charge in [-0.1, -0.05) is 31.2 Å². The summed E-state index contributed by atoms with van der Waals surface area (Å²) in [6.45, 7) is 2.92. The van der Waals surface area contributed by atoms with E-state index in [2.05, 4.69) is 35.4 Å². The molecule has 0 unspecified atom stereocenters. The molecule has 0 saturated carbocycles. The Morgan fingerprint density at radius 3 is 2.75 bits per heavy atom. The van der Waals surface area contributed by atoms with Gasteiger partial charge in [-0.3, -0.25) is 4.98 Å². The third-order valence-corrected chi connectivity index (χ3v) is 3.40. The Kier molecular flexibility index (Phi) is 3.29. The van der Waals surface area contributed by atoms with Gasteiger partial charge in [-0.15, -0.1) is 0 Å². The number of aromatic nitrogens is 1. The monoisotopic (exact) mass is 268 g/mol. The van der Waals surface area contributed by atoms with Crippen LogP contribution >= 0.6 is 0 Å². The highest BCUT2D eigenvalue weighted by molar-refractivity contribution is 5.76. The minimum atomic E-state index is -0.423. The minimum Gasteiger partial charge on any atom is -0.408 e. The highest BCUT2D eigenvalue weighted by atomic mass is 16.4. The van der Waals surface area contributed by atoms with E-state index in [9.17, 15) is 4.79 Å². The maximum Gasteiger partial charge on any atom is 0.417 e. The second kappa shape index (κ2) is 5.25. The van der Waals surface area contributed by atoms with Gasteiger partial charge in [-0.2, -0.15) is 0 Å². The minimum absolute atomic E-state index is 0.423. The Hall–Kier alpha value is -2.49. The van der Waals surface area contributed by atoms with E-state index in [-0.39, 0.29) is 0 Å². The zero-order valence-corrected chi connectivity index (χ0v) is 11.3. The lowest BCUT2D eigenvalue weighted by atomic mass is 10.1. The molecule has 0 aliphatic carbocycles. The van der Waals surface area contributed by atoms with Crippen molar-refractivity contribution in [3.05, 3.63) is 64.1 Å². The van der Waals surface area contributed by atoms with Crippen LogP contribution in [0.1, 0.15) is 18.1 Å². The summed E-state index contributed by atoms with van der Waals surface area (Å²) in [5, 5.41) is 3.37. The molecular weight excluding hydrogens is 252 g/mol. The van der Waals surface area contributed by atoms with Gasteiger partial charge in [0.2, 0.25) is 0 Å². The van der Waals surface area contributed by atoms with Crippen molar-refractivity contribution in [2.45, 2.75) is 19.9 Å². The van der Waals surface area contributed by atoms with Gasteiger partial charge in [-0.05, 0) is 35.7 Å². The Labute approximate surface area is 116 Å². The van der Waals surface area contributed by atoms with Crippen LogP contribution in [-0.2, 0) is 13.0 Å². The van der Waals surface area contributed by atoms with E-state index < -0.39 is 5.76 Å². The number of oxazole rings is 1. The zero-order valence-electron chi connectivity index (χ0n) is 11.3. The summed E-state index contributed by atoms with van der Waals surface area (Å²) in [6.07, 6.45) is 1.02. The van der Waals surface area contributed by atoms with Crippen molar-refractivity contribution in [1.82, 2.24) is 4.98 Å². The molecule has 0 atom stereocenters. The Morgan fingerprint density at radius 1 is 1.15 bits per heavy atom. The molecule has 3 rings (SSSR count). The number of aromatic amines is 1. The Bertz CT molecular complexity index is 786. The predicted molar refractivity (Wildman–Crippen MR) is 80.0 cm³/mol. The van der Waals surface area contributed by atoms with Gasteiger partial charge in [0.25, 0.3) is 0 Å². The van der Waals surface area contributed by atoms with Crippen molar-refractivity contribution < 1.29 is 4.42 Å². The molecule has 20 heavy (non-hydrogen) atoms. The lowest BCUT2D eigenvalue weighted by Crippen LogP contribution is -2.02. The van der Waals surface area contributed by atoms with Gasteiger partial charge in [-0.25, -0.2) is 4.79 Å². The van der Waals surface area contributed by atoms with E-state index >= 15 is 0 Å². The third kappa shape index (κ3) is 2.45. The van der Waals surface area contributed by atoms with Gasteiger partial charge in [0.05, 0.1) is 5.52 Å². The van der Waals surface area contributed by atoms with Gasteiger partial charge in [0, 0.05) is 12.2 Å². The molecule has 0 bridgehead atoms. The van der Waals surface area contributed by atoms with E-state index in [0.29, 0.717) is 11.1 Å². The topological polar surface area (TPSA) is 58.0 Å². The summed E-state index contributed by atoms with van der Waals surface area (Å²) < 4.78 is 4.98. The van der Waals surface area contributed by atoms with Crippen LogP contribution in [-0.4, -0.2) is 4.98 Å². The maximum absolute atomic E-state index is 11.1. The maximum atomic E-state index is 11.1. The van der Waals surface area contributed by atoms with Gasteiger partial charge in [0.15, 0.2) is 5.58 Å². The first kappa shape index (κ1) is 12.5. The third-order valence-electron chi connectivity index (χ3n) is 3.40. The number of aryl methyl sites for hydroxylation is 1. The van der Waals surface area contributed by atoms with Crippen LogP contribution in [0.5, 0.6) is 0 Å². The van der Waals surface area contributed by atoms with Crippen LogP contribution in [0, 0.1) is 0 Å². The standard InChI is InChI=1S/C16H16N2O2/c1-2-11-5-3-4-6-12(11)10-17-13-7-8-15-14(9-13)18-16(19)20-15/h3-9,17H,2,10H2,1H3,(H,18,19). The molecule has 2 aromatic carbocycles. The molecule has 1 aromatic heterocycles. The highest BCUT2D eigenvalue weighted by Gasteiger charge is 2.03. The molecule has 4 heteroatoms. The second-order valence-electron chi connectivity index (χ2n) is 4.70. The van der Waals surface area contributed by atoms with E-state index in [4.69, 9.17) is 4.42 Å². The van der Waals surface area contributed by atoms with Gasteiger partial charge in [0.1, 0.15) is 0 Å². The van der Waals surface area contributed by atoms with Gasteiger partial charge >= 0.3 is 5.76 Å². The Morgan fingerprint density at radius 2 is 1.95 bits per heavy atom. The van der Waals surface area contributed by atoms with Crippen molar-refractivity contribution in [3.63, 3.8) is 0 Å². The predicted octanol–water partition coefficient (Wildman–Crippen LogP) is 3.30. The molecule has 0 saturated heterocycles. The summed E-state index contributed by atoms with van der Waals surface area (Å²) >= 11 is 0. The van der Waals surface area contributed by atoms with E-state index in [1.165, 1.54) is 11.1 Å². The number of anilines is 1. The second-order valence-corrected chi connectivity index (χ2v) is 4.70. The van der Waals surface area contributed by atoms with Gasteiger partial charge < -0.3 is 9.73 Å². The molecule has 3 aromatic rings. The van der Waals surface area contributed by atoms with Crippen molar-refractivity contribution in [3.8, 4) is 0 Å². The first-order chi connectivity index (χ1) is 9.76. The van der Waals surface area contributed by atoms with Crippen LogP contribution in [0.2, 0.25) is 0 Å². The summed E-state index contributed by atoms with van der Waals surface area (Å²) in [5.41, 5.74) is 4.88. The van der Waals surface area contributed by atoms with E-state index in [1.807, 2.05) is 18.2 Å². The fraction of sp³-hybridized carbons (Fsp3) is 0.188. The number of fused-ring (bicyclic) bond motifs is 1. The van der Waals surface area contributed by atoms with Crippen molar-refractivity contribution in [2.75, 3.05) is 5.32 Å². The molecule has 2 N–H and O–H groups in total. The molecule has 4 nitrogen and oxygen atoms in total. The fourth-order valence-electron chi connectivity index (χ4n) is 2.33. The van der Waals surface area contributed by atoms with Crippen LogP contribution in [0.3, 0.4) is 0 Å². The van der Waals surface area contributed by atoms with Crippen molar-refractivity contribution in [2.24, 2.45) is 0 Å². The van der Waals surface area contributed by atoms with Crippen molar-refractivity contribution >= 4 is 16.8 Å². The molecule has 0 fully saturated rings. The van der Waals surface area contributed by atoms with Crippen LogP contribution in [0.25, 0.3) is 11.1 Å². The molecule has 0 amide bonds. The van der Waals surface area contributed by atoms with Crippen LogP contribution in [0.15, 0.2) is 51.7 Å². The first-order valence-electron chi connectivity index (χ1n) is 6.70. The SMILES string of the molecule is CCc1ccccc1CNc1ccc2oc(=O)[nH]c2c1. The van der Waals surface area contributed by atoms with E-state index in [1.54, 1.807) is 6.07 Å². The van der Waals surface area contributed by atoms with Crippen LogP contribution < -0.4 is 11.1 Å². The average Bonchev–Trinajstić information content (AvgIpc) is 2.84. The average molecular weight is 268 g/mol. The normalized spacial score (nSPS) is 10.8. The molecule has 0 spiro atoms. The largest absolute Gasteiger partial charge is 0.417 e. The zero-order chi connectivity index (χ0) is 13.9. The lowest BCUT2D eigenvalue weighted by Gasteiger charge is -2.10. The van der Waals surface area contributed by atoms with Crippen LogP contribution in [0.4, 0.5) is 5.69 Å². The summed E-state index contributed by atoms with van der Waals surface area (Å²) in [5.74, 6) is -0.423. The summed E-state index contributed by atoms with van der Waals surface area (Å²) in [6, 6.07) is 14.0. The van der Waals surface area contributed by atoms with Crippen molar-refractivity contribution in [1.29, 1.82) is 0 Å². The molecule has 0 aliphatic heterocycles. The van der Waals surface area contributed by atoms with E-state index in [0.717, 1.165) is 18.7 Å². The number of hydrogen-bond donors (Lipinski definition) is 2. The number of nitrogens with one attached hydrogen (secondary N) is 2. The molecular formula is C16H16N2O2. The molecule has 1 heterocycles. The fourth-order valence-corrected chi connectivity index (χ4v) is 2.33. The summed E-state index contributed by atoms with van der Waals surface area (Å²) in [4.78, 5) is 13.8. The molecule has 0 radical (unpaired) electrons. The smallest absolute Gasteiger partial charge is 0.408 e.